The van der Waals surface area contributed by atoms with Crippen LogP contribution in [0.3, 0.4) is 0 Å². The number of benzene rings is 1. The zero-order valence-electron chi connectivity index (χ0n) is 8.65. The van der Waals surface area contributed by atoms with E-state index in [1.165, 1.54) is 19.2 Å². The number of sulfonamides is 1. The highest BCUT2D eigenvalue weighted by molar-refractivity contribution is 7.89. The van der Waals surface area contributed by atoms with Crippen LogP contribution in [0.15, 0.2) is 23.1 Å². The van der Waals surface area contributed by atoms with E-state index in [9.17, 15) is 8.42 Å². The SMILES string of the molecule is CNCc1cc(S(N)(=O)=O)ccc1OC. The maximum atomic E-state index is 11.1. The van der Waals surface area contributed by atoms with Crippen molar-refractivity contribution in [1.29, 1.82) is 0 Å². The van der Waals surface area contributed by atoms with Gasteiger partial charge >= 0.3 is 0 Å². The molecule has 0 bridgehead atoms. The molecular weight excluding hydrogens is 216 g/mol. The Morgan fingerprint density at radius 2 is 2.13 bits per heavy atom. The van der Waals surface area contributed by atoms with Crippen LogP contribution in [0.5, 0.6) is 5.75 Å². The van der Waals surface area contributed by atoms with Gasteiger partial charge in [-0.15, -0.1) is 0 Å². The number of ether oxygens (including phenoxy) is 1. The molecule has 6 heteroatoms. The number of hydrogen-bond acceptors (Lipinski definition) is 4. The molecule has 0 amide bonds. The maximum absolute atomic E-state index is 11.1. The largest absolute Gasteiger partial charge is 0.496 e. The van der Waals surface area contributed by atoms with Gasteiger partial charge in [0.25, 0.3) is 0 Å². The fourth-order valence-electron chi connectivity index (χ4n) is 1.26. The molecule has 0 fully saturated rings. The molecule has 0 saturated heterocycles. The van der Waals surface area contributed by atoms with Gasteiger partial charge < -0.3 is 10.1 Å². The molecule has 0 aliphatic heterocycles. The van der Waals surface area contributed by atoms with Gasteiger partial charge in [0.1, 0.15) is 5.75 Å². The zero-order valence-corrected chi connectivity index (χ0v) is 9.47. The summed E-state index contributed by atoms with van der Waals surface area (Å²) < 4.78 is 27.3. The summed E-state index contributed by atoms with van der Waals surface area (Å²) in [6, 6.07) is 4.52. The van der Waals surface area contributed by atoms with E-state index in [2.05, 4.69) is 5.32 Å². The minimum atomic E-state index is -3.65. The minimum Gasteiger partial charge on any atom is -0.496 e. The highest BCUT2D eigenvalue weighted by Gasteiger charge is 2.11. The average molecular weight is 230 g/mol. The average Bonchev–Trinajstić information content (AvgIpc) is 2.17. The van der Waals surface area contributed by atoms with E-state index in [0.717, 1.165) is 5.56 Å². The molecule has 0 heterocycles. The Bertz CT molecular complexity index is 443. The Hall–Kier alpha value is -1.11. The molecular formula is C9H14N2O3S. The van der Waals surface area contributed by atoms with Crippen molar-refractivity contribution in [3.8, 4) is 5.75 Å². The standard InChI is InChI=1S/C9H14N2O3S/c1-11-6-7-5-8(15(10,12)13)3-4-9(7)14-2/h3-5,11H,6H2,1-2H3,(H2,10,12,13). The van der Waals surface area contributed by atoms with Gasteiger partial charge in [-0.2, -0.15) is 0 Å². The smallest absolute Gasteiger partial charge is 0.238 e. The van der Waals surface area contributed by atoms with Gasteiger partial charge in [-0.25, -0.2) is 13.6 Å². The molecule has 0 radical (unpaired) electrons. The van der Waals surface area contributed by atoms with Gasteiger partial charge in [0.15, 0.2) is 0 Å². The molecule has 1 aromatic rings. The molecule has 84 valence electrons. The second-order valence-corrected chi connectivity index (χ2v) is 4.61. The maximum Gasteiger partial charge on any atom is 0.238 e. The van der Waals surface area contributed by atoms with Crippen LogP contribution >= 0.6 is 0 Å². The fourth-order valence-corrected chi connectivity index (χ4v) is 1.82. The first-order valence-electron chi connectivity index (χ1n) is 4.33. The van der Waals surface area contributed by atoms with Gasteiger partial charge in [0, 0.05) is 12.1 Å². The lowest BCUT2D eigenvalue weighted by Gasteiger charge is -2.09. The molecule has 1 rings (SSSR count). The van der Waals surface area contributed by atoms with Crippen LogP contribution in [0.1, 0.15) is 5.56 Å². The first-order valence-corrected chi connectivity index (χ1v) is 5.88. The van der Waals surface area contributed by atoms with Gasteiger partial charge in [0.2, 0.25) is 10.0 Å². The third-order valence-corrected chi connectivity index (χ3v) is 2.86. The van der Waals surface area contributed by atoms with Crippen LogP contribution in [0.25, 0.3) is 0 Å². The normalized spacial score (nSPS) is 11.4. The van der Waals surface area contributed by atoms with Crippen LogP contribution in [0.2, 0.25) is 0 Å². The Kier molecular flexibility index (Phi) is 3.67. The van der Waals surface area contributed by atoms with Gasteiger partial charge in [-0.1, -0.05) is 0 Å². The molecule has 5 nitrogen and oxygen atoms in total. The van der Waals surface area contributed by atoms with Crippen molar-refractivity contribution in [2.75, 3.05) is 14.2 Å². The second kappa shape index (κ2) is 4.61. The molecule has 0 aliphatic carbocycles. The first-order chi connectivity index (χ1) is 6.99. The monoisotopic (exact) mass is 230 g/mol. The van der Waals surface area contributed by atoms with Crippen LogP contribution in [0, 0.1) is 0 Å². The quantitative estimate of drug-likeness (QED) is 0.766. The Balaban J connectivity index is 3.22. The van der Waals surface area contributed by atoms with E-state index in [4.69, 9.17) is 9.88 Å². The number of primary sulfonamides is 1. The number of hydrogen-bond donors (Lipinski definition) is 2. The number of nitrogens with two attached hydrogens (primary N) is 1. The summed E-state index contributed by atoms with van der Waals surface area (Å²) >= 11 is 0. The minimum absolute atomic E-state index is 0.0913. The van der Waals surface area contributed by atoms with Gasteiger partial charge in [-0.05, 0) is 25.2 Å². The summed E-state index contributed by atoms with van der Waals surface area (Å²) in [5.41, 5.74) is 0.756. The number of methoxy groups -OCH3 is 1. The summed E-state index contributed by atoms with van der Waals surface area (Å²) in [7, 11) is -0.352. The summed E-state index contributed by atoms with van der Waals surface area (Å²) in [6.07, 6.45) is 0. The predicted molar refractivity (Wildman–Crippen MR) is 57.1 cm³/mol. The Morgan fingerprint density at radius 3 is 2.60 bits per heavy atom. The van der Waals surface area contributed by atoms with Gasteiger partial charge in [-0.3, -0.25) is 0 Å². The van der Waals surface area contributed by atoms with E-state index in [-0.39, 0.29) is 4.90 Å². The molecule has 0 aromatic heterocycles. The summed E-state index contributed by atoms with van der Waals surface area (Å²) in [4.78, 5) is 0.0913. The highest BCUT2D eigenvalue weighted by atomic mass is 32.2. The van der Waals surface area contributed by atoms with Crippen LogP contribution in [0.4, 0.5) is 0 Å². The van der Waals surface area contributed by atoms with E-state index in [1.807, 2.05) is 0 Å². The highest BCUT2D eigenvalue weighted by Crippen LogP contribution is 2.21. The Morgan fingerprint density at radius 1 is 1.47 bits per heavy atom. The molecule has 3 N–H and O–H groups in total. The topological polar surface area (TPSA) is 81.4 Å². The summed E-state index contributed by atoms with van der Waals surface area (Å²) in [6.45, 7) is 0.520. The number of rotatable bonds is 4. The van der Waals surface area contributed by atoms with Crippen molar-refractivity contribution in [2.24, 2.45) is 5.14 Å². The summed E-state index contributed by atoms with van der Waals surface area (Å²) in [5, 5.41) is 7.95. The predicted octanol–water partition coefficient (Wildman–Crippen LogP) is 0.0620. The van der Waals surface area contributed by atoms with E-state index in [0.29, 0.717) is 12.3 Å². The van der Waals surface area contributed by atoms with Crippen molar-refractivity contribution in [3.63, 3.8) is 0 Å². The Labute approximate surface area is 89.3 Å². The van der Waals surface area contributed by atoms with E-state index >= 15 is 0 Å². The lowest BCUT2D eigenvalue weighted by atomic mass is 10.2. The first kappa shape index (κ1) is 12.0. The second-order valence-electron chi connectivity index (χ2n) is 3.05. The molecule has 0 atom stereocenters. The molecule has 0 unspecified atom stereocenters. The molecule has 1 aromatic carbocycles. The molecule has 0 saturated carbocycles. The zero-order chi connectivity index (χ0) is 11.5. The lowest BCUT2D eigenvalue weighted by Crippen LogP contribution is -2.14. The fraction of sp³-hybridized carbons (Fsp3) is 0.333. The van der Waals surface area contributed by atoms with Crippen molar-refractivity contribution in [2.45, 2.75) is 11.4 Å². The van der Waals surface area contributed by atoms with E-state index in [1.54, 1.807) is 13.1 Å². The van der Waals surface area contributed by atoms with Crippen molar-refractivity contribution in [1.82, 2.24) is 5.32 Å². The van der Waals surface area contributed by atoms with Crippen LogP contribution in [-0.4, -0.2) is 22.6 Å². The molecule has 15 heavy (non-hydrogen) atoms. The van der Waals surface area contributed by atoms with Crippen molar-refractivity contribution < 1.29 is 13.2 Å². The van der Waals surface area contributed by atoms with E-state index < -0.39 is 10.0 Å². The molecule has 0 aliphatic rings. The molecule has 0 spiro atoms. The van der Waals surface area contributed by atoms with Crippen LogP contribution in [-0.2, 0) is 16.6 Å². The lowest BCUT2D eigenvalue weighted by molar-refractivity contribution is 0.408. The van der Waals surface area contributed by atoms with Crippen molar-refractivity contribution >= 4 is 10.0 Å². The van der Waals surface area contributed by atoms with Gasteiger partial charge in [0.05, 0.1) is 12.0 Å². The summed E-state index contributed by atoms with van der Waals surface area (Å²) in [5.74, 6) is 0.636. The number of nitrogens with one attached hydrogen (secondary N) is 1. The third kappa shape index (κ3) is 2.92. The van der Waals surface area contributed by atoms with Crippen molar-refractivity contribution in [3.05, 3.63) is 23.8 Å². The van der Waals surface area contributed by atoms with Crippen LogP contribution < -0.4 is 15.2 Å². The third-order valence-electron chi connectivity index (χ3n) is 1.95.